The quantitative estimate of drug-likeness (QED) is 0.723. The summed E-state index contributed by atoms with van der Waals surface area (Å²) in [4.78, 5) is 4.12. The summed E-state index contributed by atoms with van der Waals surface area (Å²) < 4.78 is 5.03. The lowest BCUT2D eigenvalue weighted by atomic mass is 10.1. The maximum atomic E-state index is 5.98. The van der Waals surface area contributed by atoms with Gasteiger partial charge in [-0.15, -0.1) is 0 Å². The molecule has 4 heteroatoms. The van der Waals surface area contributed by atoms with E-state index in [1.165, 1.54) is 0 Å². The Morgan fingerprint density at radius 2 is 2.07 bits per heavy atom. The van der Waals surface area contributed by atoms with Crippen LogP contribution in [0, 0.1) is 13.8 Å². The zero-order chi connectivity index (χ0) is 10.1. The number of nitrogens with zero attached hydrogens (tertiary/aromatic N) is 2. The maximum absolute atomic E-state index is 5.98. The molecule has 0 fully saturated rings. The molecule has 0 radical (unpaired) electrons. The summed E-state index contributed by atoms with van der Waals surface area (Å²) in [5.74, 6) is 1.13. The van der Waals surface area contributed by atoms with Crippen molar-refractivity contribution in [2.45, 2.75) is 13.8 Å². The number of hydrogen-bond donors (Lipinski definition) is 0. The van der Waals surface area contributed by atoms with Crippen LogP contribution in [0.3, 0.4) is 0 Å². The first-order valence-electron chi connectivity index (χ1n) is 4.23. The minimum atomic E-state index is 0.504. The van der Waals surface area contributed by atoms with E-state index in [0.29, 0.717) is 16.7 Å². The number of hydrogen-bond acceptors (Lipinski definition) is 3. The highest BCUT2D eigenvalue weighted by Crippen LogP contribution is 2.23. The third kappa shape index (κ3) is 1.63. The van der Waals surface area contributed by atoms with Crippen molar-refractivity contribution in [2.24, 2.45) is 0 Å². The SMILES string of the molecule is Cc1noc(-c2ccc(C)c(Cl)c2)n1. The zero-order valence-corrected chi connectivity index (χ0v) is 8.67. The van der Waals surface area contributed by atoms with Gasteiger partial charge in [-0.2, -0.15) is 4.98 Å². The molecule has 1 aromatic carbocycles. The van der Waals surface area contributed by atoms with E-state index in [1.807, 2.05) is 25.1 Å². The summed E-state index contributed by atoms with van der Waals surface area (Å²) in [6.07, 6.45) is 0. The van der Waals surface area contributed by atoms with Crippen molar-refractivity contribution in [1.82, 2.24) is 10.1 Å². The molecule has 3 nitrogen and oxygen atoms in total. The van der Waals surface area contributed by atoms with Crippen molar-refractivity contribution < 1.29 is 4.52 Å². The van der Waals surface area contributed by atoms with Gasteiger partial charge >= 0.3 is 0 Å². The number of benzene rings is 1. The van der Waals surface area contributed by atoms with Crippen molar-refractivity contribution in [3.63, 3.8) is 0 Å². The van der Waals surface area contributed by atoms with Crippen LogP contribution < -0.4 is 0 Å². The van der Waals surface area contributed by atoms with E-state index < -0.39 is 0 Å². The van der Waals surface area contributed by atoms with Gasteiger partial charge in [0, 0.05) is 10.6 Å². The molecular weight excluding hydrogens is 200 g/mol. The van der Waals surface area contributed by atoms with Crippen LogP contribution in [0.15, 0.2) is 22.7 Å². The molecule has 1 heterocycles. The van der Waals surface area contributed by atoms with Gasteiger partial charge in [0.05, 0.1) is 0 Å². The topological polar surface area (TPSA) is 38.9 Å². The monoisotopic (exact) mass is 208 g/mol. The Morgan fingerprint density at radius 1 is 1.29 bits per heavy atom. The standard InChI is InChI=1S/C10H9ClN2O/c1-6-3-4-8(5-9(6)11)10-12-7(2)13-14-10/h3-5H,1-2H3. The molecule has 0 aliphatic carbocycles. The van der Waals surface area contributed by atoms with Gasteiger partial charge in [-0.05, 0) is 31.5 Å². The molecule has 0 saturated carbocycles. The predicted molar refractivity (Wildman–Crippen MR) is 54.2 cm³/mol. The summed E-state index contributed by atoms with van der Waals surface area (Å²) in [6.45, 7) is 3.73. The van der Waals surface area contributed by atoms with Crippen molar-refractivity contribution in [1.29, 1.82) is 0 Å². The van der Waals surface area contributed by atoms with E-state index in [4.69, 9.17) is 16.1 Å². The number of halogens is 1. The van der Waals surface area contributed by atoms with Crippen LogP contribution in [0.5, 0.6) is 0 Å². The van der Waals surface area contributed by atoms with Crippen LogP contribution in [-0.2, 0) is 0 Å². The van der Waals surface area contributed by atoms with Crippen LogP contribution in [0.25, 0.3) is 11.5 Å². The highest BCUT2D eigenvalue weighted by Gasteiger charge is 2.07. The largest absolute Gasteiger partial charge is 0.334 e. The minimum absolute atomic E-state index is 0.504. The Hall–Kier alpha value is -1.35. The van der Waals surface area contributed by atoms with Gasteiger partial charge in [0.2, 0.25) is 0 Å². The minimum Gasteiger partial charge on any atom is -0.334 e. The van der Waals surface area contributed by atoms with E-state index >= 15 is 0 Å². The smallest absolute Gasteiger partial charge is 0.257 e. The summed E-state index contributed by atoms with van der Waals surface area (Å²) in [5.41, 5.74) is 1.88. The first-order valence-corrected chi connectivity index (χ1v) is 4.61. The van der Waals surface area contributed by atoms with Crippen LogP contribution in [0.1, 0.15) is 11.4 Å². The predicted octanol–water partition coefficient (Wildman–Crippen LogP) is 3.01. The molecule has 0 unspecified atom stereocenters. The molecule has 0 spiro atoms. The van der Waals surface area contributed by atoms with Gasteiger partial charge in [0.1, 0.15) is 0 Å². The van der Waals surface area contributed by atoms with Gasteiger partial charge in [-0.3, -0.25) is 0 Å². The fourth-order valence-electron chi connectivity index (χ4n) is 1.14. The zero-order valence-electron chi connectivity index (χ0n) is 7.91. The van der Waals surface area contributed by atoms with E-state index in [9.17, 15) is 0 Å². The summed E-state index contributed by atoms with van der Waals surface area (Å²) in [6, 6.07) is 5.66. The average Bonchev–Trinajstić information content (AvgIpc) is 2.57. The highest BCUT2D eigenvalue weighted by molar-refractivity contribution is 6.31. The Labute approximate surface area is 86.7 Å². The van der Waals surface area contributed by atoms with E-state index in [1.54, 1.807) is 6.92 Å². The molecule has 2 rings (SSSR count). The molecule has 0 aliphatic rings. The molecule has 0 bridgehead atoms. The Balaban J connectivity index is 2.47. The van der Waals surface area contributed by atoms with Gasteiger partial charge in [-0.25, -0.2) is 0 Å². The van der Waals surface area contributed by atoms with Gasteiger partial charge in [0.25, 0.3) is 5.89 Å². The Kier molecular flexibility index (Phi) is 2.25. The molecule has 0 aliphatic heterocycles. The molecule has 72 valence electrons. The number of rotatable bonds is 1. The fraction of sp³-hybridized carbons (Fsp3) is 0.200. The fourth-order valence-corrected chi connectivity index (χ4v) is 1.32. The Morgan fingerprint density at radius 3 is 2.64 bits per heavy atom. The third-order valence-electron chi connectivity index (χ3n) is 1.95. The first kappa shape index (κ1) is 9.21. The molecular formula is C10H9ClN2O. The van der Waals surface area contributed by atoms with Gasteiger partial charge in [0.15, 0.2) is 5.82 Å². The van der Waals surface area contributed by atoms with Crippen LogP contribution >= 0.6 is 11.6 Å². The molecule has 0 atom stereocenters. The van der Waals surface area contributed by atoms with E-state index in [2.05, 4.69) is 10.1 Å². The second kappa shape index (κ2) is 3.42. The van der Waals surface area contributed by atoms with Crippen molar-refractivity contribution in [3.8, 4) is 11.5 Å². The lowest BCUT2D eigenvalue weighted by Crippen LogP contribution is -1.80. The second-order valence-electron chi connectivity index (χ2n) is 3.11. The summed E-state index contributed by atoms with van der Waals surface area (Å²) >= 11 is 5.98. The van der Waals surface area contributed by atoms with Crippen molar-refractivity contribution in [2.75, 3.05) is 0 Å². The van der Waals surface area contributed by atoms with Crippen molar-refractivity contribution >= 4 is 11.6 Å². The van der Waals surface area contributed by atoms with E-state index in [0.717, 1.165) is 11.1 Å². The van der Waals surface area contributed by atoms with Crippen LogP contribution in [0.4, 0.5) is 0 Å². The number of aryl methyl sites for hydroxylation is 2. The van der Waals surface area contributed by atoms with Gasteiger partial charge in [-0.1, -0.05) is 22.8 Å². The third-order valence-corrected chi connectivity index (χ3v) is 2.35. The Bertz CT molecular complexity index is 465. The maximum Gasteiger partial charge on any atom is 0.257 e. The molecule has 0 amide bonds. The number of aromatic nitrogens is 2. The molecule has 1 aromatic heterocycles. The molecule has 0 saturated heterocycles. The molecule has 14 heavy (non-hydrogen) atoms. The molecule has 0 N–H and O–H groups in total. The normalized spacial score (nSPS) is 10.5. The summed E-state index contributed by atoms with van der Waals surface area (Å²) in [5, 5.41) is 4.42. The average molecular weight is 209 g/mol. The second-order valence-corrected chi connectivity index (χ2v) is 3.52. The summed E-state index contributed by atoms with van der Waals surface area (Å²) in [7, 11) is 0. The lowest BCUT2D eigenvalue weighted by molar-refractivity contribution is 0.425. The highest BCUT2D eigenvalue weighted by atomic mass is 35.5. The van der Waals surface area contributed by atoms with E-state index in [-0.39, 0.29) is 0 Å². The lowest BCUT2D eigenvalue weighted by Gasteiger charge is -1.98. The first-order chi connectivity index (χ1) is 6.66. The van der Waals surface area contributed by atoms with Crippen LogP contribution in [-0.4, -0.2) is 10.1 Å². The van der Waals surface area contributed by atoms with Crippen molar-refractivity contribution in [3.05, 3.63) is 34.6 Å². The molecule has 2 aromatic rings. The van der Waals surface area contributed by atoms with Crippen LogP contribution in [0.2, 0.25) is 5.02 Å². The van der Waals surface area contributed by atoms with Gasteiger partial charge < -0.3 is 4.52 Å².